The average Bonchev–Trinajstić information content (AvgIpc) is 3.05. The first-order chi connectivity index (χ1) is 21.2. The molecule has 1 radical (unpaired) electrons. The van der Waals surface area contributed by atoms with Gasteiger partial charge in [0, 0.05) is 43.6 Å². The van der Waals surface area contributed by atoms with Crippen LogP contribution in [0.4, 0.5) is 22.0 Å². The molecule has 1 N–H and O–H groups in total. The van der Waals surface area contributed by atoms with Crippen molar-refractivity contribution < 1.29 is 77.0 Å². The van der Waals surface area contributed by atoms with Gasteiger partial charge in [-0.3, -0.25) is 8.78 Å². The van der Waals surface area contributed by atoms with Gasteiger partial charge in [-0.15, -0.1) is 16.2 Å². The number of nitrogens with zero attached hydrogens (tertiary/aromatic N) is 1. The smallest absolute Gasteiger partial charge is 0.328 e. The van der Waals surface area contributed by atoms with Crippen LogP contribution in [0.2, 0.25) is 0 Å². The summed E-state index contributed by atoms with van der Waals surface area (Å²) in [4.78, 5) is 8.36. The molecule has 0 heterocycles. The fourth-order valence-corrected chi connectivity index (χ4v) is 7.21. The second-order valence-electron chi connectivity index (χ2n) is 9.21. The Morgan fingerprint density at radius 1 is 0.532 bits per heavy atom. The van der Waals surface area contributed by atoms with E-state index in [1.165, 1.54) is 21.2 Å². The minimum atomic E-state index is -2.17. The van der Waals surface area contributed by atoms with Crippen LogP contribution in [-0.4, -0.2) is 10.3 Å². The van der Waals surface area contributed by atoms with Crippen LogP contribution < -0.4 is 21.2 Å². The van der Waals surface area contributed by atoms with Crippen LogP contribution in [0.15, 0.2) is 121 Å². The summed E-state index contributed by atoms with van der Waals surface area (Å²) in [5, 5.41) is 18.6. The van der Waals surface area contributed by atoms with Crippen LogP contribution >= 0.6 is 14.5 Å². The number of benzene rings is 5. The van der Waals surface area contributed by atoms with Crippen LogP contribution in [-0.2, 0) is 44.8 Å². The zero-order chi connectivity index (χ0) is 33.6. The van der Waals surface area contributed by atoms with E-state index in [-0.39, 0.29) is 44.8 Å². The first kappa shape index (κ1) is 44.3. The van der Waals surface area contributed by atoms with Crippen LogP contribution in [0.1, 0.15) is 0 Å². The van der Waals surface area contributed by atoms with Gasteiger partial charge in [0.15, 0.2) is 0 Å². The van der Waals surface area contributed by atoms with Crippen molar-refractivity contribution in [2.24, 2.45) is 0 Å². The van der Waals surface area contributed by atoms with Crippen molar-refractivity contribution in [2.75, 3.05) is 0 Å². The van der Waals surface area contributed by atoms with E-state index in [1.54, 1.807) is 0 Å². The molecule has 257 valence electrons. The topological polar surface area (TPSA) is 63.4 Å². The van der Waals surface area contributed by atoms with E-state index < -0.39 is 48.7 Å². The van der Waals surface area contributed by atoms with Crippen molar-refractivity contribution in [1.29, 1.82) is 0 Å². The zero-order valence-electron chi connectivity index (χ0n) is 24.5. The first-order valence-electron chi connectivity index (χ1n) is 12.8. The van der Waals surface area contributed by atoms with Gasteiger partial charge < -0.3 is 5.21 Å². The average molecular weight is 1050 g/mol. The number of rotatable bonds is 4. The van der Waals surface area contributed by atoms with Crippen molar-refractivity contribution in [3.63, 3.8) is 0 Å². The predicted molar refractivity (Wildman–Crippen MR) is 173 cm³/mol. The van der Waals surface area contributed by atoms with E-state index in [2.05, 4.69) is 75.2 Å². The van der Waals surface area contributed by atoms with Crippen LogP contribution in [0.5, 0.6) is 0 Å². The minimum absolute atomic E-state index is 0. The van der Waals surface area contributed by atoms with E-state index in [9.17, 15) is 22.0 Å². The number of hydrogen-bond acceptors (Lipinski definition) is 2. The molecule has 5 aromatic rings. The molecule has 5 rings (SSSR count). The third-order valence-electron chi connectivity index (χ3n) is 5.99. The molecule has 0 fully saturated rings. The third-order valence-corrected chi connectivity index (χ3v) is 11.1. The summed E-state index contributed by atoms with van der Waals surface area (Å²) < 4.78 is 59.9. The van der Waals surface area contributed by atoms with Crippen molar-refractivity contribution in [2.45, 2.75) is 0 Å². The molecule has 47 heavy (non-hydrogen) atoms. The van der Waals surface area contributed by atoms with E-state index in [1.807, 2.05) is 72.8 Å². The van der Waals surface area contributed by atoms with E-state index in [0.29, 0.717) is 0 Å². The minimum Gasteiger partial charge on any atom is -0.328 e. The molecule has 0 saturated heterocycles. The molecule has 4 nitrogen and oxygen atoms in total. The molecule has 5 aromatic carbocycles. The Morgan fingerprint density at radius 2 is 0.723 bits per heavy atom. The van der Waals surface area contributed by atoms with Gasteiger partial charge in [-0.05, 0) is 48.5 Å². The zero-order valence-corrected chi connectivity index (χ0v) is 30.6. The number of hydrogen-bond donors (Lipinski definition) is 1. The fourth-order valence-electron chi connectivity index (χ4n) is 3.65. The Bertz CT molecular complexity index is 1440. The van der Waals surface area contributed by atoms with E-state index in [4.69, 9.17) is 15.3 Å². The standard InChI is InChI=1S/2C14H14P.C6F5.2Au.HNO3/c2*1-15(2,13-9-5-3-6-10-13)14-11-7-4-8-12-14;7-2-1-3(8)5(10)6(11)4(2)9;;;2-1(3)4/h2*3-12H,1-2H2;;;;(H,2,3,4)/q3*-1;;+1;. The summed E-state index contributed by atoms with van der Waals surface area (Å²) in [5.41, 5.74) is 0. The molecule has 0 unspecified atom stereocenters. The van der Waals surface area contributed by atoms with Gasteiger partial charge in [-0.1, -0.05) is 72.8 Å². The summed E-state index contributed by atoms with van der Waals surface area (Å²) in [6.45, 7) is 17.2. The predicted octanol–water partition coefficient (Wildman–Crippen LogP) is 8.31. The molecule has 0 spiro atoms. The molecule has 0 saturated carbocycles. The largest absolute Gasteiger partial charge is 1.00 e. The Kier molecular flexibility index (Phi) is 20.1. The van der Waals surface area contributed by atoms with Crippen molar-refractivity contribution in [3.05, 3.63) is 193 Å². The van der Waals surface area contributed by atoms with Crippen LogP contribution in [0, 0.1) is 71.9 Å². The van der Waals surface area contributed by atoms with Crippen LogP contribution in [0.3, 0.4) is 0 Å². The molecule has 0 atom stereocenters. The molecule has 0 aromatic heterocycles. The van der Waals surface area contributed by atoms with Crippen molar-refractivity contribution in [3.8, 4) is 0 Å². The molecular formula is C34H29Au2F5NO3P2-2. The molecule has 0 bridgehead atoms. The summed E-state index contributed by atoms with van der Waals surface area (Å²) in [5.74, 6) is -10.0. The molecule has 13 heteroatoms. The van der Waals surface area contributed by atoms with Gasteiger partial charge in [0.1, 0.15) is 0 Å². The fraction of sp³-hybridized carbons (Fsp3) is 0. The second-order valence-corrected chi connectivity index (χ2v) is 15.1. The summed E-state index contributed by atoms with van der Waals surface area (Å²) >= 11 is 0. The first-order valence-corrected chi connectivity index (χ1v) is 17.1. The Labute approximate surface area is 304 Å². The molecule has 0 aliphatic rings. The quantitative estimate of drug-likeness (QED) is 0.0288. The SMILES string of the molecule is Fc1[c-]c(F)c(F)c(F)c1F.O=[N+]([O-])O.[Au+].[Au].[CH2-][P+]([CH2-])(c1ccccc1)c1ccccc1.[CH2-][P+]([CH2-])(c1ccccc1)c1ccccc1. The molecular weight excluding hydrogens is 1020 g/mol. The maximum atomic E-state index is 12.0. The van der Waals surface area contributed by atoms with Gasteiger partial charge in [0.05, 0.1) is 29.1 Å². The summed E-state index contributed by atoms with van der Waals surface area (Å²) in [6.07, 6.45) is 0. The van der Waals surface area contributed by atoms with Gasteiger partial charge in [0.25, 0.3) is 5.09 Å². The van der Waals surface area contributed by atoms with Crippen LogP contribution in [0.25, 0.3) is 0 Å². The van der Waals surface area contributed by atoms with E-state index in [0.717, 1.165) is 6.07 Å². The van der Waals surface area contributed by atoms with Gasteiger partial charge in [-0.25, -0.2) is 13.2 Å². The van der Waals surface area contributed by atoms with Gasteiger partial charge in [0.2, 0.25) is 0 Å². The normalized spacial score (nSPS) is 10.1. The summed E-state index contributed by atoms with van der Waals surface area (Å²) in [6, 6.07) is 42.4. The monoisotopic (exact) mass is 1050 g/mol. The van der Waals surface area contributed by atoms with Gasteiger partial charge in [-0.2, -0.15) is 41.2 Å². The Hall–Kier alpha value is -2.71. The van der Waals surface area contributed by atoms with Crippen molar-refractivity contribution in [1.82, 2.24) is 0 Å². The Balaban J connectivity index is 0.000000633. The number of halogens is 5. The third kappa shape index (κ3) is 13.7. The van der Waals surface area contributed by atoms with Crippen molar-refractivity contribution >= 4 is 35.7 Å². The Morgan fingerprint density at radius 3 is 0.915 bits per heavy atom. The molecule has 0 aliphatic heterocycles. The van der Waals surface area contributed by atoms with Gasteiger partial charge >= 0.3 is 22.4 Å². The maximum absolute atomic E-state index is 12.0. The molecule has 0 amide bonds. The second kappa shape index (κ2) is 21.3. The summed E-state index contributed by atoms with van der Waals surface area (Å²) in [7, 11) is -3.29. The molecule has 0 aliphatic carbocycles. The van der Waals surface area contributed by atoms with E-state index >= 15 is 0 Å². The maximum Gasteiger partial charge on any atom is 1.00 e.